The third-order valence-corrected chi connectivity index (χ3v) is 4.02. The largest absolute Gasteiger partial charge is 0.339 e. The molecule has 2 rings (SSSR count). The van der Waals surface area contributed by atoms with Crippen LogP contribution in [0.15, 0.2) is 18.2 Å². The second-order valence-electron chi connectivity index (χ2n) is 5.26. The van der Waals surface area contributed by atoms with Crippen LogP contribution in [0.1, 0.15) is 15.9 Å². The van der Waals surface area contributed by atoms with Gasteiger partial charge in [-0.2, -0.15) is 0 Å². The molecule has 1 saturated heterocycles. The molecule has 0 unspecified atom stereocenters. The Morgan fingerprint density at radius 3 is 2.62 bits per heavy atom. The number of hydrogen-bond donors (Lipinski definition) is 1. The summed E-state index contributed by atoms with van der Waals surface area (Å²) in [6.45, 7) is 4.95. The van der Waals surface area contributed by atoms with Crippen LogP contribution >= 0.6 is 11.6 Å². The van der Waals surface area contributed by atoms with E-state index in [4.69, 9.17) is 11.6 Å². The van der Waals surface area contributed by atoms with Gasteiger partial charge in [-0.25, -0.2) is 0 Å². The second-order valence-corrected chi connectivity index (χ2v) is 5.66. The number of nitrogens with zero attached hydrogens (tertiary/aromatic N) is 2. The van der Waals surface area contributed by atoms with Gasteiger partial charge in [-0.3, -0.25) is 9.59 Å². The van der Waals surface area contributed by atoms with Crippen LogP contribution in [-0.2, 0) is 4.79 Å². The van der Waals surface area contributed by atoms with Crippen LogP contribution in [0.4, 0.5) is 0 Å². The van der Waals surface area contributed by atoms with Crippen molar-refractivity contribution in [1.29, 1.82) is 0 Å². The molecule has 0 radical (unpaired) electrons. The number of hydrogen-bond acceptors (Lipinski definition) is 3. The summed E-state index contributed by atoms with van der Waals surface area (Å²) < 4.78 is 0. The van der Waals surface area contributed by atoms with E-state index in [0.717, 1.165) is 18.7 Å². The predicted octanol–water partition coefficient (Wildman–Crippen LogP) is 1.15. The number of piperazine rings is 1. The van der Waals surface area contributed by atoms with Gasteiger partial charge in [-0.05, 0) is 30.7 Å². The molecule has 0 spiro atoms. The summed E-state index contributed by atoms with van der Waals surface area (Å²) in [5.74, 6) is -0.184. The quantitative estimate of drug-likeness (QED) is 0.911. The zero-order valence-corrected chi connectivity index (χ0v) is 13.1. The molecule has 1 aromatic carbocycles. The maximum atomic E-state index is 12.3. The van der Waals surface area contributed by atoms with Crippen molar-refractivity contribution in [3.8, 4) is 0 Å². The van der Waals surface area contributed by atoms with Crippen LogP contribution in [0, 0.1) is 6.92 Å². The maximum absolute atomic E-state index is 12.3. The highest BCUT2D eigenvalue weighted by atomic mass is 35.5. The average Bonchev–Trinajstić information content (AvgIpc) is 2.50. The third-order valence-electron chi connectivity index (χ3n) is 3.59. The lowest BCUT2D eigenvalue weighted by Gasteiger charge is -2.29. The number of carbonyl (C=O) groups excluding carboxylic acids is 2. The summed E-state index contributed by atoms with van der Waals surface area (Å²) in [6, 6.07) is 5.13. The molecule has 1 fully saturated rings. The van der Waals surface area contributed by atoms with E-state index in [1.807, 2.05) is 6.92 Å². The molecule has 1 aromatic rings. The van der Waals surface area contributed by atoms with Gasteiger partial charge in [0, 0.05) is 43.8 Å². The number of nitrogens with one attached hydrogen (secondary N) is 1. The number of likely N-dealkylation sites (N-methyl/N-ethyl adjacent to an activating group) is 1. The Hall–Kier alpha value is -1.59. The fourth-order valence-corrected chi connectivity index (χ4v) is 2.40. The number of benzene rings is 1. The van der Waals surface area contributed by atoms with Crippen molar-refractivity contribution in [1.82, 2.24) is 15.1 Å². The molecular formula is C15H20ClN3O2. The van der Waals surface area contributed by atoms with Crippen molar-refractivity contribution < 1.29 is 9.59 Å². The molecule has 114 valence electrons. The zero-order valence-electron chi connectivity index (χ0n) is 12.4. The van der Waals surface area contributed by atoms with Crippen LogP contribution in [0.3, 0.4) is 0 Å². The molecule has 0 aromatic heterocycles. The summed E-state index contributed by atoms with van der Waals surface area (Å²) in [7, 11) is 1.65. The van der Waals surface area contributed by atoms with Gasteiger partial charge in [-0.15, -0.1) is 0 Å². The molecule has 0 aliphatic carbocycles. The Kier molecular flexibility index (Phi) is 5.20. The van der Waals surface area contributed by atoms with Gasteiger partial charge >= 0.3 is 0 Å². The van der Waals surface area contributed by atoms with Crippen LogP contribution in [-0.4, -0.2) is 61.4 Å². The van der Waals surface area contributed by atoms with E-state index < -0.39 is 0 Å². The smallest absolute Gasteiger partial charge is 0.254 e. The summed E-state index contributed by atoms with van der Waals surface area (Å²) in [5, 5.41) is 3.83. The van der Waals surface area contributed by atoms with E-state index in [0.29, 0.717) is 23.7 Å². The number of carbonyl (C=O) groups is 2. The normalized spacial score (nSPS) is 14.9. The van der Waals surface area contributed by atoms with Crippen LogP contribution in [0.5, 0.6) is 0 Å². The van der Waals surface area contributed by atoms with Gasteiger partial charge in [0.2, 0.25) is 5.91 Å². The lowest BCUT2D eigenvalue weighted by Crippen LogP contribution is -2.49. The van der Waals surface area contributed by atoms with Crippen molar-refractivity contribution in [2.24, 2.45) is 0 Å². The molecule has 0 bridgehead atoms. The van der Waals surface area contributed by atoms with Crippen LogP contribution in [0.2, 0.25) is 5.02 Å². The predicted molar refractivity (Wildman–Crippen MR) is 82.6 cm³/mol. The molecule has 1 aliphatic rings. The monoisotopic (exact) mass is 309 g/mol. The second kappa shape index (κ2) is 6.91. The molecule has 1 aliphatic heterocycles. The van der Waals surface area contributed by atoms with Gasteiger partial charge in [0.05, 0.1) is 6.54 Å². The molecule has 1 heterocycles. The molecule has 1 N–H and O–H groups in total. The number of amides is 2. The molecule has 2 amide bonds. The van der Waals surface area contributed by atoms with Crippen LogP contribution in [0.25, 0.3) is 0 Å². The molecular weight excluding hydrogens is 290 g/mol. The minimum Gasteiger partial charge on any atom is -0.339 e. The first kappa shape index (κ1) is 15.8. The van der Waals surface area contributed by atoms with Crippen molar-refractivity contribution in [3.63, 3.8) is 0 Å². The van der Waals surface area contributed by atoms with E-state index in [9.17, 15) is 9.59 Å². The first-order valence-electron chi connectivity index (χ1n) is 6.99. The summed E-state index contributed by atoms with van der Waals surface area (Å²) in [4.78, 5) is 27.7. The van der Waals surface area contributed by atoms with Gasteiger partial charge in [0.15, 0.2) is 0 Å². The molecule has 6 heteroatoms. The molecule has 0 saturated carbocycles. The minimum absolute atomic E-state index is 0.0157. The lowest BCUT2D eigenvalue weighted by atomic mass is 10.1. The van der Waals surface area contributed by atoms with Crippen molar-refractivity contribution in [2.75, 3.05) is 39.8 Å². The summed E-state index contributed by atoms with van der Waals surface area (Å²) >= 11 is 5.96. The van der Waals surface area contributed by atoms with Crippen molar-refractivity contribution in [2.45, 2.75) is 6.92 Å². The molecule has 0 atom stereocenters. The van der Waals surface area contributed by atoms with E-state index in [1.54, 1.807) is 30.1 Å². The number of aryl methyl sites for hydroxylation is 1. The first-order chi connectivity index (χ1) is 9.99. The first-order valence-corrected chi connectivity index (χ1v) is 7.37. The fraction of sp³-hybridized carbons (Fsp3) is 0.467. The van der Waals surface area contributed by atoms with E-state index >= 15 is 0 Å². The van der Waals surface area contributed by atoms with Gasteiger partial charge < -0.3 is 15.1 Å². The van der Waals surface area contributed by atoms with E-state index in [1.165, 1.54) is 4.90 Å². The van der Waals surface area contributed by atoms with Gasteiger partial charge in [0.1, 0.15) is 0 Å². The SMILES string of the molecule is Cc1cc(C(=O)N(C)CC(=O)N2CCNCC2)ccc1Cl. The Labute approximate surface area is 129 Å². The summed E-state index contributed by atoms with van der Waals surface area (Å²) in [6.07, 6.45) is 0. The highest BCUT2D eigenvalue weighted by Gasteiger charge is 2.20. The van der Waals surface area contributed by atoms with Crippen molar-refractivity contribution >= 4 is 23.4 Å². The topological polar surface area (TPSA) is 52.7 Å². The number of rotatable bonds is 3. The third kappa shape index (κ3) is 3.95. The average molecular weight is 310 g/mol. The van der Waals surface area contributed by atoms with Crippen LogP contribution < -0.4 is 5.32 Å². The van der Waals surface area contributed by atoms with Crippen molar-refractivity contribution in [3.05, 3.63) is 34.3 Å². The molecule has 5 nitrogen and oxygen atoms in total. The minimum atomic E-state index is -0.168. The zero-order chi connectivity index (χ0) is 15.4. The Balaban J connectivity index is 1.98. The lowest BCUT2D eigenvalue weighted by molar-refractivity contribution is -0.132. The van der Waals surface area contributed by atoms with Gasteiger partial charge in [0.25, 0.3) is 5.91 Å². The van der Waals surface area contributed by atoms with Gasteiger partial charge in [-0.1, -0.05) is 11.6 Å². The fourth-order valence-electron chi connectivity index (χ4n) is 2.29. The summed E-state index contributed by atoms with van der Waals surface area (Å²) in [5.41, 5.74) is 1.40. The maximum Gasteiger partial charge on any atom is 0.254 e. The number of halogens is 1. The highest BCUT2D eigenvalue weighted by Crippen LogP contribution is 2.17. The highest BCUT2D eigenvalue weighted by molar-refractivity contribution is 6.31. The van der Waals surface area contributed by atoms with E-state index in [-0.39, 0.29) is 18.4 Å². The standard InChI is InChI=1S/C15H20ClN3O2/c1-11-9-12(3-4-13(11)16)15(21)18(2)10-14(20)19-7-5-17-6-8-19/h3-4,9,17H,5-8,10H2,1-2H3. The Bertz CT molecular complexity index is 542. The molecule has 21 heavy (non-hydrogen) atoms. The van der Waals surface area contributed by atoms with E-state index in [2.05, 4.69) is 5.32 Å². The Morgan fingerprint density at radius 1 is 1.33 bits per heavy atom. The Morgan fingerprint density at radius 2 is 2.00 bits per heavy atom.